The Hall–Kier alpha value is -8.80. The van der Waals surface area contributed by atoms with E-state index in [-0.39, 0.29) is 112 Å². The first-order chi connectivity index (χ1) is 57.9. The van der Waals surface area contributed by atoms with Crippen molar-refractivity contribution in [1.29, 1.82) is 0 Å². The lowest BCUT2D eigenvalue weighted by atomic mass is 9.71. The number of aliphatic hydroxyl groups is 2. The molecule has 22 rings (SSSR count). The number of rotatable bonds is 24. The number of hydrogen-bond donors (Lipinski definition) is 2. The Morgan fingerprint density at radius 1 is 0.361 bits per heavy atom. The fraction of sp³-hybridized carbons (Fsp3) is 0.417. The van der Waals surface area contributed by atoms with Crippen molar-refractivity contribution in [3.8, 4) is 23.0 Å². The minimum Gasteiger partial charge on any atom is -1.00 e. The number of aromatic nitrogens is 4. The molecule has 0 amide bonds. The number of pyridine rings is 4. The molecule has 20 atom stereocenters. The summed E-state index contributed by atoms with van der Waals surface area (Å²) in [6.07, 6.45) is 13.7. The van der Waals surface area contributed by atoms with E-state index < -0.39 is 130 Å². The molecule has 0 spiro atoms. The average molecular weight is 1810 g/mol. The van der Waals surface area contributed by atoms with E-state index in [2.05, 4.69) is 46.3 Å². The maximum absolute atomic E-state index is 16.8. The predicted molar refractivity (Wildman–Crippen MR) is 437 cm³/mol. The molecular weight excluding hydrogens is 1700 g/mol. The van der Waals surface area contributed by atoms with Crippen LogP contribution in [0.1, 0.15) is 120 Å². The van der Waals surface area contributed by atoms with Crippen LogP contribution >= 0.6 is 0 Å². The molecule has 644 valence electrons. The first-order valence-electron chi connectivity index (χ1n) is 41.9. The third-order valence-corrected chi connectivity index (χ3v) is 30.1. The van der Waals surface area contributed by atoms with Crippen molar-refractivity contribution in [3.05, 3.63) is 264 Å². The van der Waals surface area contributed by atoms with E-state index >= 15 is 35.1 Å². The van der Waals surface area contributed by atoms with Gasteiger partial charge >= 0.3 is 0 Å². The summed E-state index contributed by atoms with van der Waals surface area (Å²) in [6.45, 7) is 18.0. The summed E-state index contributed by atoms with van der Waals surface area (Å²) in [5.41, 5.74) is 1.99. The smallest absolute Gasteiger partial charge is 0.171 e. The number of fused-ring (bicyclic) bond motifs is 16. The van der Waals surface area contributed by atoms with Crippen LogP contribution in [0.5, 0.6) is 23.0 Å². The zero-order chi connectivity index (χ0) is 84.2. The second-order valence-electron chi connectivity index (χ2n) is 35.4. The van der Waals surface area contributed by atoms with Crippen molar-refractivity contribution in [3.63, 3.8) is 0 Å². The molecule has 0 radical (unpaired) electrons. The first-order valence-corrected chi connectivity index (χ1v) is 41.9. The van der Waals surface area contributed by atoms with Gasteiger partial charge in [0.15, 0.2) is 46.5 Å². The molecule has 10 aromatic rings. The Morgan fingerprint density at radius 2 is 0.582 bits per heavy atom. The molecule has 26 heteroatoms. The summed E-state index contributed by atoms with van der Waals surface area (Å²) in [6, 6.07) is 25.9. The van der Waals surface area contributed by atoms with Crippen LogP contribution in [-0.4, -0.2) is 153 Å². The van der Waals surface area contributed by atoms with E-state index in [1.165, 1.54) is 0 Å². The molecule has 2 N–H and O–H groups in total. The summed E-state index contributed by atoms with van der Waals surface area (Å²) in [4.78, 5) is 17.8. The molecule has 0 aliphatic carbocycles. The molecule has 12 aliphatic heterocycles. The van der Waals surface area contributed by atoms with Crippen LogP contribution in [0.2, 0.25) is 0 Å². The van der Waals surface area contributed by atoms with Crippen LogP contribution in [0.25, 0.3) is 43.6 Å². The standard InChI is InChI=1S/2C48H51F4N4O4.2BrH/c2*1-5-27-23-55(17-13-29(27)19-41(55)47(57)33-11-15-53-39-9-7-31(59-3)21-35(33)39)25-37-43(49)45(51)38(46(52)44(37)50)26-56-18-14-30(28(6-2)24-56)20-42(56)48(58)34-12-16-54-40-10-8-32(60-4)22-36(34)40;;/h2*5-12,15-16,21-22,27-30,41-42,47-48,57H,1-2,13-14,17-20,23-26H2,3-4H3;2*1H/q2*+1;;/p-2/t2*27-,28-,29-,30-,41-,42-,47+,48+,55-,56-;;/m00../s1. The highest BCUT2D eigenvalue weighted by molar-refractivity contribution is 5.86. The van der Waals surface area contributed by atoms with Gasteiger partial charge in [-0.2, -0.15) is 0 Å². The Bertz CT molecular complexity index is 4960. The van der Waals surface area contributed by atoms with Gasteiger partial charge in [-0.15, -0.1) is 26.3 Å². The zero-order valence-electron chi connectivity index (χ0n) is 68.8. The molecule has 16 nitrogen and oxygen atoms in total. The van der Waals surface area contributed by atoms with Gasteiger partial charge in [0.05, 0.1) is 137 Å². The molecule has 16 heterocycles. The third kappa shape index (κ3) is 15.1. The SMILES string of the molecule is C=C[C@H]1C[N@+]2(Cc3c(F)c(F)c(C[N@@+]45CC[C@@H](C[C@H]4[C@H](O)c4ccnc6ccc(OC)cc46)[C@@H](C=C)C5)c(F)c3F)CC[C@H]1C[C@H]2[C@H]([O-])c1ccnc2ccc(OC)cc12.C=C[C@H]1C[N@+]2(Cc3c(F)c(F)c(C[N@@+]45CC[C@@H](C[C@H]4[C@H](O)c4ccnc6ccc(OC)cc46)[C@@H](C=C)C5)c(F)c3F)CC[C@H]1C[C@H]2[C@H]([O-])c1ccnc2ccc(OC)cc12.[Br-].[Br-]. The van der Waals surface area contributed by atoms with Gasteiger partial charge < -0.3 is 91.3 Å². The topological polar surface area (TPSA) is 175 Å². The monoisotopic (exact) mass is 1800 g/mol. The summed E-state index contributed by atoms with van der Waals surface area (Å²) >= 11 is 0. The highest BCUT2D eigenvalue weighted by atomic mass is 79.9. The van der Waals surface area contributed by atoms with Crippen molar-refractivity contribution in [2.45, 2.75) is 126 Å². The zero-order valence-corrected chi connectivity index (χ0v) is 71.9. The van der Waals surface area contributed by atoms with E-state index in [1.807, 2.05) is 24.3 Å². The lowest BCUT2D eigenvalue weighted by molar-refractivity contribution is -0.990. The second-order valence-corrected chi connectivity index (χ2v) is 35.4. The Morgan fingerprint density at radius 3 is 0.820 bits per heavy atom. The van der Waals surface area contributed by atoms with Gasteiger partial charge in [0, 0.05) is 121 Å². The van der Waals surface area contributed by atoms with Crippen molar-refractivity contribution in [1.82, 2.24) is 19.9 Å². The molecule has 12 aliphatic rings. The second kappa shape index (κ2) is 35.0. The van der Waals surface area contributed by atoms with Crippen molar-refractivity contribution < 1.29 is 126 Å². The number of halogens is 10. The Kier molecular flexibility index (Phi) is 25.2. The van der Waals surface area contributed by atoms with E-state index in [9.17, 15) is 20.4 Å². The van der Waals surface area contributed by atoms with E-state index in [0.717, 1.165) is 0 Å². The van der Waals surface area contributed by atoms with Crippen LogP contribution < -0.4 is 63.1 Å². The molecular formula is C96H102Br2F8N8O8. The minimum absolute atomic E-state index is 0. The summed E-state index contributed by atoms with van der Waals surface area (Å²) < 4.78 is 156. The molecule has 8 bridgehead atoms. The average Bonchev–Trinajstić information content (AvgIpc) is 0.719. The van der Waals surface area contributed by atoms with E-state index in [0.29, 0.717) is 193 Å². The summed E-state index contributed by atoms with van der Waals surface area (Å²) in [7, 11) is 6.19. The number of piperidine rings is 12. The molecule has 4 aromatic heterocycles. The van der Waals surface area contributed by atoms with Crippen LogP contribution in [0.15, 0.2) is 172 Å². The number of benzene rings is 6. The fourth-order valence-corrected chi connectivity index (χ4v) is 23.7. The van der Waals surface area contributed by atoms with Crippen LogP contribution in [0.4, 0.5) is 35.1 Å². The quantitative estimate of drug-likeness (QED) is 0.0254. The van der Waals surface area contributed by atoms with Crippen molar-refractivity contribution in [2.24, 2.45) is 47.3 Å². The normalized spacial score (nSPS) is 28.9. The van der Waals surface area contributed by atoms with Crippen molar-refractivity contribution >= 4 is 43.6 Å². The number of quaternary nitrogens is 4. The number of hydrogen-bond acceptors (Lipinski definition) is 12. The molecule has 6 aromatic carbocycles. The van der Waals surface area contributed by atoms with Gasteiger partial charge in [0.2, 0.25) is 0 Å². The first kappa shape index (κ1) is 88.1. The number of nitrogens with zero attached hydrogens (tertiary/aromatic N) is 8. The maximum atomic E-state index is 16.8. The Labute approximate surface area is 726 Å². The lowest BCUT2D eigenvalue weighted by Crippen LogP contribution is -3.00. The fourth-order valence-electron chi connectivity index (χ4n) is 23.7. The van der Waals surface area contributed by atoms with Crippen molar-refractivity contribution in [2.75, 3.05) is 80.8 Å². The van der Waals surface area contributed by atoms with Gasteiger partial charge in [-0.3, -0.25) is 19.9 Å². The molecule has 12 fully saturated rings. The van der Waals surface area contributed by atoms with E-state index in [1.54, 1.807) is 150 Å². The molecule has 0 unspecified atom stereocenters. The predicted octanol–water partition coefficient (Wildman–Crippen LogP) is 10.0. The van der Waals surface area contributed by atoms with Gasteiger partial charge in [-0.1, -0.05) is 24.3 Å². The van der Waals surface area contributed by atoms with Gasteiger partial charge in [0.25, 0.3) is 0 Å². The minimum atomic E-state index is -1.44. The summed E-state index contributed by atoms with van der Waals surface area (Å²) in [5, 5.41) is 56.7. The lowest BCUT2D eigenvalue weighted by Gasteiger charge is -2.60. The number of ether oxygens (including phenoxy) is 4. The van der Waals surface area contributed by atoms with E-state index in [4.69, 9.17) is 18.9 Å². The number of methoxy groups -OCH3 is 4. The highest BCUT2D eigenvalue weighted by Gasteiger charge is 2.59. The maximum Gasteiger partial charge on any atom is 0.171 e. The summed E-state index contributed by atoms with van der Waals surface area (Å²) in [5.74, 6) is -8.60. The van der Waals surface area contributed by atoms with Gasteiger partial charge in [0.1, 0.15) is 73.5 Å². The highest BCUT2D eigenvalue weighted by Crippen LogP contribution is 2.55. The van der Waals surface area contributed by atoms with Gasteiger partial charge in [-0.25, -0.2) is 35.1 Å². The third-order valence-electron chi connectivity index (χ3n) is 30.1. The van der Waals surface area contributed by atoms with Crippen LogP contribution in [-0.2, 0) is 26.2 Å². The largest absolute Gasteiger partial charge is 1.00 e. The van der Waals surface area contributed by atoms with Gasteiger partial charge in [-0.05, 0) is 155 Å². The molecule has 0 saturated carbocycles. The molecule has 12 saturated heterocycles. The Balaban J connectivity index is 0.000000186. The van der Waals surface area contributed by atoms with Crippen LogP contribution in [0.3, 0.4) is 0 Å². The number of aliphatic hydroxyl groups excluding tert-OH is 2. The van der Waals surface area contributed by atoms with Crippen LogP contribution in [0, 0.1) is 93.9 Å². The molecule has 122 heavy (non-hydrogen) atoms.